The normalized spacial score (nSPS) is 20.3. The standard InChI is InChI=1S/C17H26F3N5O2.HI/c1-4-27-15(26)11-5-7-13(8-6-11)23-16(21-2)22-9-12-10-25(3)24-14(12)17(18,19)20;/h10-11,13H,4-9H2,1-3H3,(H2,21,22,23);1H. The van der Waals surface area contributed by atoms with Crippen molar-refractivity contribution in [1.29, 1.82) is 0 Å². The van der Waals surface area contributed by atoms with E-state index in [9.17, 15) is 18.0 Å². The fraction of sp³-hybridized carbons (Fsp3) is 0.706. The molecule has 2 N–H and O–H groups in total. The van der Waals surface area contributed by atoms with Crippen molar-refractivity contribution in [3.63, 3.8) is 0 Å². The van der Waals surface area contributed by atoms with Crippen molar-refractivity contribution < 1.29 is 22.7 Å². The van der Waals surface area contributed by atoms with Crippen LogP contribution in [0.2, 0.25) is 0 Å². The van der Waals surface area contributed by atoms with Gasteiger partial charge in [0.15, 0.2) is 11.7 Å². The average molecular weight is 517 g/mol. The number of carbonyl (C=O) groups is 1. The lowest BCUT2D eigenvalue weighted by Crippen LogP contribution is -2.45. The van der Waals surface area contributed by atoms with Gasteiger partial charge < -0.3 is 15.4 Å². The van der Waals surface area contributed by atoms with Crippen LogP contribution in [-0.2, 0) is 29.3 Å². The number of aryl methyl sites for hydroxylation is 1. The summed E-state index contributed by atoms with van der Waals surface area (Å²) in [5.74, 6) is 0.184. The van der Waals surface area contributed by atoms with Crippen LogP contribution in [0, 0.1) is 5.92 Å². The quantitative estimate of drug-likeness (QED) is 0.272. The summed E-state index contributed by atoms with van der Waals surface area (Å²) < 4.78 is 45.2. The molecule has 1 heterocycles. The average Bonchev–Trinajstić information content (AvgIpc) is 3.00. The molecule has 1 aromatic rings. The summed E-state index contributed by atoms with van der Waals surface area (Å²) in [4.78, 5) is 15.9. The van der Waals surface area contributed by atoms with Gasteiger partial charge in [0.1, 0.15) is 0 Å². The molecule has 1 aliphatic carbocycles. The molecule has 0 aliphatic heterocycles. The minimum absolute atomic E-state index is 0. The zero-order chi connectivity index (χ0) is 20.0. The Morgan fingerprint density at radius 3 is 2.54 bits per heavy atom. The lowest BCUT2D eigenvalue weighted by atomic mass is 9.86. The molecule has 0 unspecified atom stereocenters. The molecule has 0 atom stereocenters. The lowest BCUT2D eigenvalue weighted by molar-refractivity contribution is -0.149. The van der Waals surface area contributed by atoms with Crippen LogP contribution < -0.4 is 10.6 Å². The number of hydrogen-bond donors (Lipinski definition) is 2. The van der Waals surface area contributed by atoms with Crippen molar-refractivity contribution in [2.45, 2.75) is 51.4 Å². The second kappa shape index (κ2) is 10.9. The SMILES string of the molecule is CCOC(=O)C1CCC(NC(=NC)NCc2cn(C)nc2C(F)(F)F)CC1.I. The minimum atomic E-state index is -4.50. The van der Waals surface area contributed by atoms with Gasteiger partial charge in [-0.1, -0.05) is 0 Å². The molecule has 0 spiro atoms. The molecule has 0 bridgehead atoms. The number of hydrogen-bond acceptors (Lipinski definition) is 4. The Morgan fingerprint density at radius 1 is 1.36 bits per heavy atom. The number of nitrogens with zero attached hydrogens (tertiary/aromatic N) is 3. The Hall–Kier alpha value is -1.53. The van der Waals surface area contributed by atoms with Gasteiger partial charge in [-0.15, -0.1) is 24.0 Å². The van der Waals surface area contributed by atoms with E-state index in [0.717, 1.165) is 17.5 Å². The van der Waals surface area contributed by atoms with Gasteiger partial charge in [-0.25, -0.2) is 0 Å². The fourth-order valence-corrected chi connectivity index (χ4v) is 3.21. The first-order valence-corrected chi connectivity index (χ1v) is 8.98. The van der Waals surface area contributed by atoms with Crippen molar-refractivity contribution in [1.82, 2.24) is 20.4 Å². The predicted octanol–water partition coefficient (Wildman–Crippen LogP) is 2.84. The van der Waals surface area contributed by atoms with Gasteiger partial charge in [0.25, 0.3) is 0 Å². The number of aromatic nitrogens is 2. The van der Waals surface area contributed by atoms with E-state index in [0.29, 0.717) is 25.4 Å². The van der Waals surface area contributed by atoms with Crippen molar-refractivity contribution in [2.75, 3.05) is 13.7 Å². The summed E-state index contributed by atoms with van der Waals surface area (Å²) in [6.45, 7) is 2.12. The Bertz CT molecular complexity index is 670. The maximum absolute atomic E-state index is 13.0. The fourth-order valence-electron chi connectivity index (χ4n) is 3.21. The van der Waals surface area contributed by atoms with Crippen LogP contribution in [0.5, 0.6) is 0 Å². The molecule has 0 aromatic carbocycles. The number of aliphatic imine (C=N–C) groups is 1. The highest BCUT2D eigenvalue weighted by atomic mass is 127. The summed E-state index contributed by atoms with van der Waals surface area (Å²) in [5.41, 5.74) is -0.845. The monoisotopic (exact) mass is 517 g/mol. The molecule has 11 heteroatoms. The first kappa shape index (κ1) is 24.5. The maximum Gasteiger partial charge on any atom is 0.435 e. The molecule has 1 aliphatic rings. The highest BCUT2D eigenvalue weighted by molar-refractivity contribution is 14.0. The minimum Gasteiger partial charge on any atom is -0.466 e. The molecule has 7 nitrogen and oxygen atoms in total. The van der Waals surface area contributed by atoms with E-state index in [4.69, 9.17) is 4.74 Å². The maximum atomic E-state index is 13.0. The number of rotatable bonds is 5. The molecule has 0 amide bonds. The third kappa shape index (κ3) is 6.82. The molecule has 1 aromatic heterocycles. The lowest BCUT2D eigenvalue weighted by Gasteiger charge is -2.29. The largest absolute Gasteiger partial charge is 0.466 e. The van der Waals surface area contributed by atoms with E-state index in [2.05, 4.69) is 20.7 Å². The van der Waals surface area contributed by atoms with Crippen molar-refractivity contribution in [3.8, 4) is 0 Å². The molecular weight excluding hydrogens is 490 g/mol. The molecular formula is C17H27F3IN5O2. The third-order valence-corrected chi connectivity index (χ3v) is 4.53. The Morgan fingerprint density at radius 2 is 2.00 bits per heavy atom. The Kier molecular flexibility index (Phi) is 9.51. The summed E-state index contributed by atoms with van der Waals surface area (Å²) >= 11 is 0. The van der Waals surface area contributed by atoms with Gasteiger partial charge in [-0.05, 0) is 32.6 Å². The van der Waals surface area contributed by atoms with E-state index in [1.807, 2.05) is 0 Å². The smallest absolute Gasteiger partial charge is 0.435 e. The summed E-state index contributed by atoms with van der Waals surface area (Å²) in [7, 11) is 3.02. The van der Waals surface area contributed by atoms with Gasteiger partial charge in [0, 0.05) is 38.4 Å². The van der Waals surface area contributed by atoms with E-state index in [1.165, 1.54) is 13.2 Å². The second-order valence-corrected chi connectivity index (χ2v) is 6.55. The Balaban J connectivity index is 0.00000392. The first-order chi connectivity index (χ1) is 12.7. The number of nitrogens with one attached hydrogen (secondary N) is 2. The van der Waals surface area contributed by atoms with Crippen LogP contribution in [0.1, 0.15) is 43.9 Å². The highest BCUT2D eigenvalue weighted by Gasteiger charge is 2.36. The van der Waals surface area contributed by atoms with Crippen molar-refractivity contribution in [2.24, 2.45) is 18.0 Å². The molecule has 0 saturated heterocycles. The number of halogens is 4. The van der Waals surface area contributed by atoms with E-state index in [1.54, 1.807) is 14.0 Å². The topological polar surface area (TPSA) is 80.5 Å². The summed E-state index contributed by atoms with van der Waals surface area (Å²) in [6.07, 6.45) is -0.188. The van der Waals surface area contributed by atoms with Gasteiger partial charge in [-0.3, -0.25) is 14.5 Å². The van der Waals surface area contributed by atoms with Crippen molar-refractivity contribution >= 4 is 35.9 Å². The van der Waals surface area contributed by atoms with Gasteiger partial charge >= 0.3 is 12.1 Å². The summed E-state index contributed by atoms with van der Waals surface area (Å²) in [6, 6.07) is 0.109. The van der Waals surface area contributed by atoms with Crippen LogP contribution >= 0.6 is 24.0 Å². The van der Waals surface area contributed by atoms with Gasteiger partial charge in [0.2, 0.25) is 0 Å². The second-order valence-electron chi connectivity index (χ2n) is 6.55. The number of alkyl halides is 3. The molecule has 28 heavy (non-hydrogen) atoms. The molecule has 1 fully saturated rings. The number of carbonyl (C=O) groups excluding carboxylic acids is 1. The molecule has 1 saturated carbocycles. The predicted molar refractivity (Wildman–Crippen MR) is 109 cm³/mol. The Labute approximate surface area is 179 Å². The zero-order valence-corrected chi connectivity index (χ0v) is 18.5. The van der Waals surface area contributed by atoms with Gasteiger partial charge in [-0.2, -0.15) is 18.3 Å². The van der Waals surface area contributed by atoms with Crippen LogP contribution in [0.25, 0.3) is 0 Å². The molecule has 0 radical (unpaired) electrons. The highest BCUT2D eigenvalue weighted by Crippen LogP contribution is 2.30. The number of esters is 1. The number of guanidine groups is 1. The third-order valence-electron chi connectivity index (χ3n) is 4.53. The van der Waals surface area contributed by atoms with Gasteiger partial charge in [0.05, 0.1) is 12.5 Å². The van der Waals surface area contributed by atoms with E-state index in [-0.39, 0.29) is 54.0 Å². The molecule has 160 valence electrons. The summed E-state index contributed by atoms with van der Waals surface area (Å²) in [5, 5.41) is 9.61. The van der Waals surface area contributed by atoms with Crippen molar-refractivity contribution in [3.05, 3.63) is 17.5 Å². The first-order valence-electron chi connectivity index (χ1n) is 8.98. The van der Waals surface area contributed by atoms with E-state index >= 15 is 0 Å². The van der Waals surface area contributed by atoms with Crippen LogP contribution in [-0.4, -0.2) is 41.4 Å². The van der Waals surface area contributed by atoms with Crippen LogP contribution in [0.15, 0.2) is 11.2 Å². The van der Waals surface area contributed by atoms with E-state index < -0.39 is 11.9 Å². The van der Waals surface area contributed by atoms with Crippen LogP contribution in [0.3, 0.4) is 0 Å². The number of ether oxygens (including phenoxy) is 1. The zero-order valence-electron chi connectivity index (χ0n) is 16.2. The molecule has 2 rings (SSSR count). The van der Waals surface area contributed by atoms with Crippen LogP contribution in [0.4, 0.5) is 13.2 Å².